The molecule has 0 aliphatic carbocycles. The number of hydrogen-bond acceptors (Lipinski definition) is 5. The maximum atomic E-state index is 14.8. The van der Waals surface area contributed by atoms with Crippen LogP contribution in [0.5, 0.6) is 5.75 Å². The molecule has 1 aliphatic rings. The van der Waals surface area contributed by atoms with E-state index in [0.717, 1.165) is 22.5 Å². The zero-order valence-corrected chi connectivity index (χ0v) is 19.0. The van der Waals surface area contributed by atoms with E-state index < -0.39 is 5.82 Å². The summed E-state index contributed by atoms with van der Waals surface area (Å²) in [5.41, 5.74) is 5.14. The van der Waals surface area contributed by atoms with Crippen molar-refractivity contribution >= 4 is 5.91 Å². The predicted octanol–water partition coefficient (Wildman–Crippen LogP) is 3.88. The van der Waals surface area contributed by atoms with E-state index in [4.69, 9.17) is 4.74 Å². The molecule has 1 amide bonds. The van der Waals surface area contributed by atoms with Crippen LogP contribution >= 0.6 is 0 Å². The first-order valence-corrected chi connectivity index (χ1v) is 11.1. The van der Waals surface area contributed by atoms with Gasteiger partial charge in [0.25, 0.3) is 5.91 Å². The first-order valence-electron chi connectivity index (χ1n) is 11.1. The Kier molecular flexibility index (Phi) is 5.79. The molecule has 0 saturated heterocycles. The SMILES string of the molecule is Cc1cnc(C)c(-c2cc(F)c3c(c2)CC(CNC(=O)c2cccc(Cn4cccn4)c2)O3)n1. The summed E-state index contributed by atoms with van der Waals surface area (Å²) in [5, 5.41) is 7.11. The third-order valence-corrected chi connectivity index (χ3v) is 5.79. The topological polar surface area (TPSA) is 81.9 Å². The lowest BCUT2D eigenvalue weighted by molar-refractivity contribution is 0.0932. The average molecular weight is 458 g/mol. The van der Waals surface area contributed by atoms with Gasteiger partial charge in [-0.3, -0.25) is 14.5 Å². The largest absolute Gasteiger partial charge is 0.485 e. The minimum absolute atomic E-state index is 0.200. The molecule has 0 bridgehead atoms. The number of fused-ring (bicyclic) bond motifs is 1. The Morgan fingerprint density at radius 1 is 1.24 bits per heavy atom. The maximum absolute atomic E-state index is 14.8. The Morgan fingerprint density at radius 2 is 2.12 bits per heavy atom. The highest BCUT2D eigenvalue weighted by atomic mass is 19.1. The highest BCUT2D eigenvalue weighted by molar-refractivity contribution is 5.94. The van der Waals surface area contributed by atoms with Crippen molar-refractivity contribution in [3.8, 4) is 17.0 Å². The lowest BCUT2D eigenvalue weighted by atomic mass is 10.0. The smallest absolute Gasteiger partial charge is 0.251 e. The molecule has 2 aromatic heterocycles. The van der Waals surface area contributed by atoms with Crippen molar-refractivity contribution in [3.63, 3.8) is 0 Å². The number of ether oxygens (including phenoxy) is 1. The van der Waals surface area contributed by atoms with Gasteiger partial charge in [-0.25, -0.2) is 9.37 Å². The van der Waals surface area contributed by atoms with Gasteiger partial charge >= 0.3 is 0 Å². The van der Waals surface area contributed by atoms with Crippen LogP contribution < -0.4 is 10.1 Å². The van der Waals surface area contributed by atoms with Crippen LogP contribution in [0.15, 0.2) is 61.1 Å². The van der Waals surface area contributed by atoms with Gasteiger partial charge < -0.3 is 10.1 Å². The van der Waals surface area contributed by atoms with Gasteiger partial charge in [-0.15, -0.1) is 0 Å². The van der Waals surface area contributed by atoms with E-state index in [-0.39, 0.29) is 24.3 Å². The standard InChI is InChI=1S/C26H24FN5O2/c1-16-13-28-17(2)24(31-16)20-10-21-11-22(34-25(21)23(27)12-20)14-29-26(33)19-6-3-5-18(9-19)15-32-8-4-7-30-32/h3-10,12-13,22H,11,14-15H2,1-2H3,(H,29,33). The third kappa shape index (κ3) is 4.52. The Balaban J connectivity index is 1.25. The van der Waals surface area contributed by atoms with Gasteiger partial charge in [0.15, 0.2) is 11.6 Å². The van der Waals surface area contributed by atoms with Crippen molar-refractivity contribution in [1.29, 1.82) is 0 Å². The van der Waals surface area contributed by atoms with E-state index in [0.29, 0.717) is 29.8 Å². The van der Waals surface area contributed by atoms with Crippen LogP contribution in [0.25, 0.3) is 11.3 Å². The highest BCUT2D eigenvalue weighted by Gasteiger charge is 2.28. The molecule has 2 aromatic carbocycles. The molecule has 172 valence electrons. The molecule has 8 heteroatoms. The van der Waals surface area contributed by atoms with Gasteiger partial charge in [-0.2, -0.15) is 5.10 Å². The molecule has 34 heavy (non-hydrogen) atoms. The molecule has 0 saturated carbocycles. The lowest BCUT2D eigenvalue weighted by Gasteiger charge is -2.13. The van der Waals surface area contributed by atoms with Gasteiger partial charge in [0.05, 0.1) is 30.2 Å². The molecule has 4 aromatic rings. The number of amides is 1. The van der Waals surface area contributed by atoms with Crippen LogP contribution in [-0.4, -0.2) is 38.3 Å². The Hall–Kier alpha value is -4.07. The summed E-state index contributed by atoms with van der Waals surface area (Å²) in [4.78, 5) is 21.6. The van der Waals surface area contributed by atoms with Crippen molar-refractivity contribution in [2.24, 2.45) is 0 Å². The van der Waals surface area contributed by atoms with Crippen molar-refractivity contribution in [3.05, 3.63) is 95.0 Å². The van der Waals surface area contributed by atoms with Crippen molar-refractivity contribution < 1.29 is 13.9 Å². The number of aryl methyl sites for hydroxylation is 2. The highest BCUT2D eigenvalue weighted by Crippen LogP contribution is 2.36. The molecule has 0 spiro atoms. The zero-order chi connectivity index (χ0) is 23.7. The molecule has 0 radical (unpaired) electrons. The van der Waals surface area contributed by atoms with E-state index in [1.165, 1.54) is 6.07 Å². The summed E-state index contributed by atoms with van der Waals surface area (Å²) in [6.07, 6.45) is 5.44. The van der Waals surface area contributed by atoms with E-state index >= 15 is 0 Å². The van der Waals surface area contributed by atoms with Crippen LogP contribution in [-0.2, 0) is 13.0 Å². The van der Waals surface area contributed by atoms with E-state index in [2.05, 4.69) is 20.4 Å². The third-order valence-electron chi connectivity index (χ3n) is 5.79. The lowest BCUT2D eigenvalue weighted by Crippen LogP contribution is -2.34. The summed E-state index contributed by atoms with van der Waals surface area (Å²) < 4.78 is 22.5. The summed E-state index contributed by atoms with van der Waals surface area (Å²) in [6, 6.07) is 12.6. The fourth-order valence-corrected chi connectivity index (χ4v) is 4.15. The molecule has 5 rings (SSSR count). The molecule has 3 heterocycles. The second kappa shape index (κ2) is 9.05. The maximum Gasteiger partial charge on any atom is 0.251 e. The molecule has 1 unspecified atom stereocenters. The van der Waals surface area contributed by atoms with E-state index in [1.807, 2.05) is 50.4 Å². The summed E-state index contributed by atoms with van der Waals surface area (Å²) in [6.45, 7) is 4.57. The number of hydrogen-bond donors (Lipinski definition) is 1. The van der Waals surface area contributed by atoms with Gasteiger partial charge in [0.2, 0.25) is 0 Å². The van der Waals surface area contributed by atoms with Crippen LogP contribution in [0.2, 0.25) is 0 Å². The minimum Gasteiger partial charge on any atom is -0.485 e. The Labute approximate surface area is 196 Å². The molecule has 1 atom stereocenters. The monoisotopic (exact) mass is 457 g/mol. The second-order valence-corrected chi connectivity index (χ2v) is 8.45. The predicted molar refractivity (Wildman–Crippen MR) is 125 cm³/mol. The van der Waals surface area contributed by atoms with Crippen LogP contribution in [0.4, 0.5) is 4.39 Å². The Morgan fingerprint density at radius 3 is 2.94 bits per heavy atom. The molecule has 7 nitrogen and oxygen atoms in total. The average Bonchev–Trinajstić information content (AvgIpc) is 3.49. The molecule has 0 fully saturated rings. The second-order valence-electron chi connectivity index (χ2n) is 8.45. The fraction of sp³-hybridized carbons (Fsp3) is 0.231. The van der Waals surface area contributed by atoms with Gasteiger partial charge in [0.1, 0.15) is 6.10 Å². The number of benzene rings is 2. The molecular formula is C26H24FN5O2. The van der Waals surface area contributed by atoms with Crippen molar-refractivity contribution in [1.82, 2.24) is 25.1 Å². The fourth-order valence-electron chi connectivity index (χ4n) is 4.15. The number of carbonyl (C=O) groups is 1. The number of halogens is 1. The number of aromatic nitrogens is 4. The van der Waals surface area contributed by atoms with Crippen LogP contribution in [0, 0.1) is 19.7 Å². The molecule has 1 N–H and O–H groups in total. The van der Waals surface area contributed by atoms with E-state index in [1.54, 1.807) is 23.1 Å². The summed E-state index contributed by atoms with van der Waals surface area (Å²) in [7, 11) is 0. The zero-order valence-electron chi connectivity index (χ0n) is 19.0. The number of carbonyl (C=O) groups excluding carboxylic acids is 1. The van der Waals surface area contributed by atoms with Crippen LogP contribution in [0.3, 0.4) is 0 Å². The first-order chi connectivity index (χ1) is 16.5. The first kappa shape index (κ1) is 21.8. The number of nitrogens with one attached hydrogen (secondary N) is 1. The molecular weight excluding hydrogens is 433 g/mol. The normalized spacial score (nSPS) is 14.5. The number of nitrogens with zero attached hydrogens (tertiary/aromatic N) is 4. The van der Waals surface area contributed by atoms with Crippen LogP contribution in [0.1, 0.15) is 32.9 Å². The number of rotatable bonds is 6. The summed E-state index contributed by atoms with van der Waals surface area (Å²) >= 11 is 0. The van der Waals surface area contributed by atoms with Gasteiger partial charge in [-0.1, -0.05) is 12.1 Å². The van der Waals surface area contributed by atoms with Gasteiger partial charge in [0, 0.05) is 41.7 Å². The van der Waals surface area contributed by atoms with E-state index in [9.17, 15) is 9.18 Å². The summed E-state index contributed by atoms with van der Waals surface area (Å²) in [5.74, 6) is -0.397. The Bertz CT molecular complexity index is 1350. The van der Waals surface area contributed by atoms with Crippen molar-refractivity contribution in [2.45, 2.75) is 32.9 Å². The quantitative estimate of drug-likeness (QED) is 0.475. The van der Waals surface area contributed by atoms with Crippen molar-refractivity contribution in [2.75, 3.05) is 6.54 Å². The minimum atomic E-state index is -0.435. The van der Waals surface area contributed by atoms with Gasteiger partial charge in [-0.05, 0) is 49.7 Å². The molecule has 1 aliphatic heterocycles.